The van der Waals surface area contributed by atoms with Gasteiger partial charge < -0.3 is 11.1 Å². The molecule has 0 fully saturated rings. The molecule has 0 aliphatic heterocycles. The molecule has 0 aliphatic rings. The maximum atomic E-state index is 10.9. The Morgan fingerprint density at radius 2 is 2.41 bits per heavy atom. The minimum atomic E-state index is -0.208. The summed E-state index contributed by atoms with van der Waals surface area (Å²) in [4.78, 5) is 15.0. The van der Waals surface area contributed by atoms with Gasteiger partial charge in [-0.25, -0.2) is 4.98 Å². The van der Waals surface area contributed by atoms with E-state index in [0.717, 1.165) is 11.3 Å². The normalized spacial score (nSPS) is 9.71. The van der Waals surface area contributed by atoms with Gasteiger partial charge >= 0.3 is 0 Å². The van der Waals surface area contributed by atoms with Crippen LogP contribution >= 0.6 is 0 Å². The lowest BCUT2D eigenvalue weighted by molar-refractivity contribution is -0.119. The molecule has 0 bridgehead atoms. The number of pyridine rings is 1. The van der Waals surface area contributed by atoms with Crippen LogP contribution in [0.4, 0.5) is 0 Å². The molecule has 0 saturated carbocycles. The Hall–Kier alpha value is -2.32. The first-order valence-corrected chi connectivity index (χ1v) is 5.19. The molecule has 3 N–H and O–H groups in total. The van der Waals surface area contributed by atoms with Gasteiger partial charge in [-0.1, -0.05) is 12.0 Å². The molecule has 2 heterocycles. The van der Waals surface area contributed by atoms with Crippen molar-refractivity contribution in [3.8, 4) is 11.8 Å². The van der Waals surface area contributed by atoms with E-state index in [-0.39, 0.29) is 12.5 Å². The van der Waals surface area contributed by atoms with Crippen LogP contribution in [0.25, 0.3) is 5.65 Å². The lowest BCUT2D eigenvalue weighted by atomic mass is 10.3. The topological polar surface area (TPSA) is 72.4 Å². The maximum Gasteiger partial charge on any atom is 0.234 e. The van der Waals surface area contributed by atoms with Crippen LogP contribution in [0.1, 0.15) is 5.69 Å². The lowest BCUT2D eigenvalue weighted by Crippen LogP contribution is -2.30. The van der Waals surface area contributed by atoms with Crippen molar-refractivity contribution in [2.45, 2.75) is 0 Å². The third kappa shape index (κ3) is 2.62. The van der Waals surface area contributed by atoms with Gasteiger partial charge in [0.1, 0.15) is 5.65 Å². The second-order valence-electron chi connectivity index (χ2n) is 3.35. The zero-order valence-corrected chi connectivity index (χ0v) is 9.18. The first kappa shape index (κ1) is 11.2. The van der Waals surface area contributed by atoms with Crippen LogP contribution in [0.3, 0.4) is 0 Å². The molecule has 0 spiro atoms. The van der Waals surface area contributed by atoms with Gasteiger partial charge in [0.2, 0.25) is 5.91 Å². The van der Waals surface area contributed by atoms with Crippen LogP contribution in [0.15, 0.2) is 30.6 Å². The smallest absolute Gasteiger partial charge is 0.234 e. The Balaban J connectivity index is 2.11. The van der Waals surface area contributed by atoms with E-state index in [1.54, 1.807) is 6.20 Å². The molecule has 86 valence electrons. The first-order valence-electron chi connectivity index (χ1n) is 5.19. The van der Waals surface area contributed by atoms with Crippen LogP contribution in [-0.4, -0.2) is 28.4 Å². The summed E-state index contributed by atoms with van der Waals surface area (Å²) in [5, 5.41) is 2.58. The van der Waals surface area contributed by atoms with E-state index in [1.807, 2.05) is 28.8 Å². The molecule has 2 rings (SSSR count). The zero-order valence-electron chi connectivity index (χ0n) is 9.18. The number of fused-ring (bicyclic) bond motifs is 1. The third-order valence-corrected chi connectivity index (χ3v) is 2.20. The van der Waals surface area contributed by atoms with Crippen molar-refractivity contribution in [1.29, 1.82) is 0 Å². The lowest BCUT2D eigenvalue weighted by Gasteiger charge is -1.97. The second-order valence-corrected chi connectivity index (χ2v) is 3.35. The average Bonchev–Trinajstić information content (AvgIpc) is 2.83. The van der Waals surface area contributed by atoms with E-state index in [0.29, 0.717) is 6.54 Å². The van der Waals surface area contributed by atoms with E-state index in [9.17, 15) is 4.79 Å². The predicted octanol–water partition coefficient (Wildman–Crippen LogP) is -0.239. The molecular formula is C12H12N4O. The molecule has 2 aromatic rings. The number of amides is 1. The van der Waals surface area contributed by atoms with Crippen molar-refractivity contribution in [3.05, 3.63) is 36.3 Å². The number of aromatic nitrogens is 2. The number of hydrogen-bond acceptors (Lipinski definition) is 3. The van der Waals surface area contributed by atoms with Gasteiger partial charge in [-0.2, -0.15) is 0 Å². The van der Waals surface area contributed by atoms with Gasteiger partial charge in [-0.15, -0.1) is 0 Å². The van der Waals surface area contributed by atoms with E-state index >= 15 is 0 Å². The van der Waals surface area contributed by atoms with Crippen molar-refractivity contribution in [3.63, 3.8) is 0 Å². The maximum absolute atomic E-state index is 10.9. The van der Waals surface area contributed by atoms with Crippen molar-refractivity contribution in [2.24, 2.45) is 5.73 Å². The molecule has 0 aromatic carbocycles. The number of imidazole rings is 1. The Bertz CT molecular complexity index is 591. The average molecular weight is 228 g/mol. The van der Waals surface area contributed by atoms with E-state index in [1.165, 1.54) is 0 Å². The van der Waals surface area contributed by atoms with Gasteiger partial charge in [-0.3, -0.25) is 9.20 Å². The minimum Gasteiger partial charge on any atom is -0.344 e. The SMILES string of the molecule is NCC(=O)NCC#Cc1cccc2nccn12. The van der Waals surface area contributed by atoms with E-state index < -0.39 is 0 Å². The molecule has 5 heteroatoms. The minimum absolute atomic E-state index is 0.0151. The number of rotatable bonds is 2. The number of hydrogen-bond donors (Lipinski definition) is 2. The number of carbonyl (C=O) groups excluding carboxylic acids is 1. The summed E-state index contributed by atoms with van der Waals surface area (Å²) >= 11 is 0. The van der Waals surface area contributed by atoms with Gasteiger partial charge in [0.25, 0.3) is 0 Å². The Morgan fingerprint density at radius 3 is 3.24 bits per heavy atom. The van der Waals surface area contributed by atoms with Crippen LogP contribution < -0.4 is 11.1 Å². The first-order chi connectivity index (χ1) is 8.31. The summed E-state index contributed by atoms with van der Waals surface area (Å²) in [6, 6.07) is 5.69. The highest BCUT2D eigenvalue weighted by Gasteiger charge is 1.96. The molecule has 2 aromatic heterocycles. The summed E-state index contributed by atoms with van der Waals surface area (Å²) in [5.41, 5.74) is 6.84. The molecule has 17 heavy (non-hydrogen) atoms. The fraction of sp³-hybridized carbons (Fsp3) is 0.167. The highest BCUT2D eigenvalue weighted by atomic mass is 16.1. The van der Waals surface area contributed by atoms with Crippen LogP contribution in [0.5, 0.6) is 0 Å². The predicted molar refractivity (Wildman–Crippen MR) is 64.1 cm³/mol. The van der Waals surface area contributed by atoms with Gasteiger partial charge in [-0.05, 0) is 18.1 Å². The summed E-state index contributed by atoms with van der Waals surface area (Å²) < 4.78 is 1.89. The summed E-state index contributed by atoms with van der Waals surface area (Å²) in [6.45, 7) is 0.278. The molecule has 5 nitrogen and oxygen atoms in total. The highest BCUT2D eigenvalue weighted by Crippen LogP contribution is 2.03. The molecule has 0 saturated heterocycles. The molecule has 0 aliphatic carbocycles. The standard InChI is InChI=1S/C12H12N4O/c13-9-12(17)15-6-2-4-10-3-1-5-11-14-7-8-16(10)11/h1,3,5,7-8H,6,9,13H2,(H,15,17). The van der Waals surface area contributed by atoms with Gasteiger partial charge in [0, 0.05) is 12.4 Å². The summed E-state index contributed by atoms with van der Waals surface area (Å²) in [5.74, 6) is 5.63. The molecule has 0 atom stereocenters. The number of nitrogens with zero attached hydrogens (tertiary/aromatic N) is 2. The fourth-order valence-corrected chi connectivity index (χ4v) is 1.40. The van der Waals surface area contributed by atoms with Gasteiger partial charge in [0.05, 0.1) is 18.8 Å². The fourth-order valence-electron chi connectivity index (χ4n) is 1.40. The van der Waals surface area contributed by atoms with E-state index in [4.69, 9.17) is 5.73 Å². The molecule has 0 radical (unpaired) electrons. The second kappa shape index (κ2) is 5.14. The number of nitrogens with one attached hydrogen (secondary N) is 1. The number of nitrogens with two attached hydrogens (primary N) is 1. The Kier molecular flexibility index (Phi) is 3.38. The van der Waals surface area contributed by atoms with Gasteiger partial charge in [0.15, 0.2) is 0 Å². The quantitative estimate of drug-likeness (QED) is 0.697. The van der Waals surface area contributed by atoms with Crippen molar-refractivity contribution < 1.29 is 4.79 Å². The highest BCUT2D eigenvalue weighted by molar-refractivity contribution is 5.77. The van der Waals surface area contributed by atoms with Crippen LogP contribution in [-0.2, 0) is 4.79 Å². The number of carbonyl (C=O) groups is 1. The molecular weight excluding hydrogens is 216 g/mol. The third-order valence-electron chi connectivity index (χ3n) is 2.20. The summed E-state index contributed by atoms with van der Waals surface area (Å²) in [6.07, 6.45) is 3.56. The van der Waals surface area contributed by atoms with Crippen LogP contribution in [0.2, 0.25) is 0 Å². The Labute approximate surface area is 98.6 Å². The zero-order chi connectivity index (χ0) is 12.1. The van der Waals surface area contributed by atoms with Crippen molar-refractivity contribution >= 4 is 11.6 Å². The molecule has 1 amide bonds. The van der Waals surface area contributed by atoms with Crippen molar-refractivity contribution in [2.75, 3.05) is 13.1 Å². The van der Waals surface area contributed by atoms with E-state index in [2.05, 4.69) is 22.1 Å². The van der Waals surface area contributed by atoms with Crippen molar-refractivity contribution in [1.82, 2.24) is 14.7 Å². The summed E-state index contributed by atoms with van der Waals surface area (Å²) in [7, 11) is 0. The monoisotopic (exact) mass is 228 g/mol. The Morgan fingerprint density at radius 1 is 1.53 bits per heavy atom. The molecule has 0 unspecified atom stereocenters. The largest absolute Gasteiger partial charge is 0.344 e. The van der Waals surface area contributed by atoms with Crippen LogP contribution in [0, 0.1) is 11.8 Å².